The smallest absolute Gasteiger partial charge is 0.275 e. The molecule has 0 fully saturated rings. The van der Waals surface area contributed by atoms with Crippen molar-refractivity contribution in [2.75, 3.05) is 36.6 Å². The lowest BCUT2D eigenvalue weighted by Gasteiger charge is -2.11. The predicted molar refractivity (Wildman–Crippen MR) is 112 cm³/mol. The number of carbonyl (C=O) groups excluding carboxylic acids is 1. The molecule has 3 rings (SSSR count). The summed E-state index contributed by atoms with van der Waals surface area (Å²) in [5.41, 5.74) is 7.27. The molecule has 0 aliphatic carbocycles. The zero-order valence-corrected chi connectivity index (χ0v) is 16.4. The third-order valence-corrected chi connectivity index (χ3v) is 4.07. The van der Waals surface area contributed by atoms with E-state index in [9.17, 15) is 9.18 Å². The number of anilines is 3. The minimum absolute atomic E-state index is 0.114. The van der Waals surface area contributed by atoms with Crippen molar-refractivity contribution >= 4 is 23.1 Å². The molecule has 156 valence electrons. The lowest BCUT2D eigenvalue weighted by Crippen LogP contribution is -2.17. The third-order valence-electron chi connectivity index (χ3n) is 4.07. The summed E-state index contributed by atoms with van der Waals surface area (Å²) in [7, 11) is 1.81. The highest BCUT2D eigenvalue weighted by atomic mass is 19.1. The maximum atomic E-state index is 14.2. The summed E-state index contributed by atoms with van der Waals surface area (Å²) in [6.07, 6.45) is 4.27. The Balaban J connectivity index is 1.63. The van der Waals surface area contributed by atoms with Gasteiger partial charge in [0, 0.05) is 30.5 Å². The molecule has 30 heavy (non-hydrogen) atoms. The van der Waals surface area contributed by atoms with Crippen molar-refractivity contribution in [3.05, 3.63) is 66.0 Å². The second kappa shape index (κ2) is 10.1. The quantitative estimate of drug-likeness (QED) is 0.394. The number of ether oxygens (including phenoxy) is 1. The van der Waals surface area contributed by atoms with Crippen LogP contribution < -0.4 is 26.4 Å². The van der Waals surface area contributed by atoms with Gasteiger partial charge in [-0.05, 0) is 37.4 Å². The van der Waals surface area contributed by atoms with E-state index in [1.165, 1.54) is 30.6 Å². The summed E-state index contributed by atoms with van der Waals surface area (Å²) in [6.45, 7) is 1.27. The predicted octanol–water partition coefficient (Wildman–Crippen LogP) is 2.06. The SMILES string of the molecule is CNCCOc1cnc(C(=O)Nc2ccc(F)c(CNc3cccnc3N)c2)cn1. The largest absolute Gasteiger partial charge is 0.475 e. The van der Waals surface area contributed by atoms with E-state index in [2.05, 4.69) is 30.9 Å². The first-order valence-electron chi connectivity index (χ1n) is 9.20. The number of nitrogens with zero attached hydrogens (tertiary/aromatic N) is 3. The minimum Gasteiger partial charge on any atom is -0.475 e. The monoisotopic (exact) mass is 411 g/mol. The van der Waals surface area contributed by atoms with Crippen molar-refractivity contribution in [2.24, 2.45) is 0 Å². The van der Waals surface area contributed by atoms with Gasteiger partial charge in [0.25, 0.3) is 5.91 Å². The van der Waals surface area contributed by atoms with Gasteiger partial charge in [0.15, 0.2) is 0 Å². The number of nitrogens with one attached hydrogen (secondary N) is 3. The van der Waals surface area contributed by atoms with Crippen molar-refractivity contribution in [3.63, 3.8) is 0 Å². The molecule has 1 amide bonds. The van der Waals surface area contributed by atoms with Gasteiger partial charge in [0.05, 0.1) is 18.1 Å². The average Bonchev–Trinajstić information content (AvgIpc) is 2.75. The lowest BCUT2D eigenvalue weighted by atomic mass is 10.1. The lowest BCUT2D eigenvalue weighted by molar-refractivity contribution is 0.102. The van der Waals surface area contributed by atoms with Crippen LogP contribution in [0.3, 0.4) is 0 Å². The Hall–Kier alpha value is -3.79. The molecule has 0 aliphatic heterocycles. The fourth-order valence-corrected chi connectivity index (χ4v) is 2.51. The second-order valence-corrected chi connectivity index (χ2v) is 6.24. The molecule has 0 saturated carbocycles. The van der Waals surface area contributed by atoms with Gasteiger partial charge in [-0.1, -0.05) is 0 Å². The van der Waals surface area contributed by atoms with Gasteiger partial charge in [-0.3, -0.25) is 4.79 Å². The zero-order chi connectivity index (χ0) is 21.3. The maximum absolute atomic E-state index is 14.2. The summed E-state index contributed by atoms with van der Waals surface area (Å²) in [5, 5.41) is 8.66. The van der Waals surface area contributed by atoms with Crippen LogP contribution in [0.5, 0.6) is 5.88 Å². The summed E-state index contributed by atoms with van der Waals surface area (Å²) >= 11 is 0. The van der Waals surface area contributed by atoms with Crippen molar-refractivity contribution in [3.8, 4) is 5.88 Å². The summed E-state index contributed by atoms with van der Waals surface area (Å²) in [5.74, 6) is -0.233. The van der Waals surface area contributed by atoms with Crippen LogP contribution in [-0.2, 0) is 6.54 Å². The van der Waals surface area contributed by atoms with Gasteiger partial charge in [-0.25, -0.2) is 19.3 Å². The second-order valence-electron chi connectivity index (χ2n) is 6.24. The molecule has 2 heterocycles. The first kappa shape index (κ1) is 20.9. The van der Waals surface area contributed by atoms with Gasteiger partial charge < -0.3 is 26.4 Å². The van der Waals surface area contributed by atoms with Crippen molar-refractivity contribution in [2.45, 2.75) is 6.54 Å². The maximum Gasteiger partial charge on any atom is 0.275 e. The molecule has 0 saturated heterocycles. The van der Waals surface area contributed by atoms with E-state index in [-0.39, 0.29) is 12.2 Å². The molecule has 0 radical (unpaired) electrons. The van der Waals surface area contributed by atoms with E-state index in [1.807, 2.05) is 7.05 Å². The number of hydrogen-bond donors (Lipinski definition) is 4. The topological polar surface area (TPSA) is 127 Å². The first-order chi connectivity index (χ1) is 14.6. The Morgan fingerprint density at radius 2 is 2.07 bits per heavy atom. The first-order valence-corrected chi connectivity index (χ1v) is 9.20. The van der Waals surface area contributed by atoms with E-state index in [1.54, 1.807) is 18.3 Å². The van der Waals surface area contributed by atoms with E-state index in [4.69, 9.17) is 10.5 Å². The highest BCUT2D eigenvalue weighted by molar-refractivity contribution is 6.02. The number of rotatable bonds is 9. The van der Waals surface area contributed by atoms with Gasteiger partial charge in [0.1, 0.15) is 23.9 Å². The molecule has 0 atom stereocenters. The number of likely N-dealkylation sites (N-methyl/N-ethyl adjacent to an activating group) is 1. The summed E-state index contributed by atoms with van der Waals surface area (Å²) in [6, 6.07) is 7.76. The van der Waals surface area contributed by atoms with Gasteiger partial charge in [-0.15, -0.1) is 0 Å². The van der Waals surface area contributed by atoms with E-state index < -0.39 is 11.7 Å². The number of carbonyl (C=O) groups is 1. The molecule has 5 N–H and O–H groups in total. The Morgan fingerprint density at radius 3 is 2.80 bits per heavy atom. The number of halogens is 1. The van der Waals surface area contributed by atoms with Crippen LogP contribution in [0.2, 0.25) is 0 Å². The Morgan fingerprint density at radius 1 is 1.20 bits per heavy atom. The van der Waals surface area contributed by atoms with Gasteiger partial charge in [-0.2, -0.15) is 0 Å². The number of pyridine rings is 1. The van der Waals surface area contributed by atoms with Gasteiger partial charge >= 0.3 is 0 Å². The Bertz CT molecular complexity index is 999. The Labute approximate surface area is 172 Å². The number of nitrogens with two attached hydrogens (primary N) is 1. The van der Waals surface area contributed by atoms with Crippen LogP contribution in [0, 0.1) is 5.82 Å². The molecule has 1 aromatic carbocycles. The zero-order valence-electron chi connectivity index (χ0n) is 16.4. The molecule has 0 unspecified atom stereocenters. The number of aromatic nitrogens is 3. The fourth-order valence-electron chi connectivity index (χ4n) is 2.51. The van der Waals surface area contributed by atoms with Crippen LogP contribution in [0.15, 0.2) is 48.9 Å². The molecule has 10 heteroatoms. The molecule has 2 aromatic heterocycles. The molecule has 3 aromatic rings. The Kier molecular flexibility index (Phi) is 7.06. The van der Waals surface area contributed by atoms with Gasteiger partial charge in [0.2, 0.25) is 5.88 Å². The number of hydrogen-bond acceptors (Lipinski definition) is 8. The van der Waals surface area contributed by atoms with Crippen molar-refractivity contribution in [1.29, 1.82) is 0 Å². The molecular formula is C20H22FN7O2. The van der Waals surface area contributed by atoms with Crippen LogP contribution in [0.25, 0.3) is 0 Å². The normalized spacial score (nSPS) is 10.5. The molecule has 0 aliphatic rings. The van der Waals surface area contributed by atoms with Crippen molar-refractivity contribution in [1.82, 2.24) is 20.3 Å². The summed E-state index contributed by atoms with van der Waals surface area (Å²) < 4.78 is 19.5. The number of benzene rings is 1. The van der Waals surface area contributed by atoms with Crippen LogP contribution in [0.4, 0.5) is 21.6 Å². The average molecular weight is 411 g/mol. The van der Waals surface area contributed by atoms with E-state index >= 15 is 0 Å². The summed E-state index contributed by atoms with van der Waals surface area (Å²) in [4.78, 5) is 24.5. The fraction of sp³-hybridized carbons (Fsp3) is 0.200. The number of nitrogen functional groups attached to an aromatic ring is 1. The molecule has 9 nitrogen and oxygen atoms in total. The van der Waals surface area contributed by atoms with E-state index in [0.717, 1.165) is 0 Å². The van der Waals surface area contributed by atoms with Crippen molar-refractivity contribution < 1.29 is 13.9 Å². The van der Waals surface area contributed by atoms with E-state index in [0.29, 0.717) is 41.8 Å². The standard InChI is InChI=1S/C20H22FN7O2/c1-23-7-8-30-18-12-26-17(11-27-18)20(29)28-14-4-5-15(21)13(9-14)10-25-16-3-2-6-24-19(16)22/h2-6,9,11-12,23,25H,7-8,10H2,1H3,(H2,22,24)(H,28,29). The van der Waals surface area contributed by atoms with Crippen LogP contribution >= 0.6 is 0 Å². The molecular weight excluding hydrogens is 389 g/mol. The highest BCUT2D eigenvalue weighted by Crippen LogP contribution is 2.19. The van der Waals surface area contributed by atoms with Crippen LogP contribution in [-0.4, -0.2) is 41.1 Å². The minimum atomic E-state index is -0.466. The highest BCUT2D eigenvalue weighted by Gasteiger charge is 2.11. The number of amides is 1. The molecule has 0 spiro atoms. The third kappa shape index (κ3) is 5.61. The van der Waals surface area contributed by atoms with Crippen LogP contribution in [0.1, 0.15) is 16.1 Å². The molecule has 0 bridgehead atoms.